The zero-order valence-electron chi connectivity index (χ0n) is 9.56. The van der Waals surface area contributed by atoms with Gasteiger partial charge in [0.25, 0.3) is 0 Å². The predicted octanol–water partition coefficient (Wildman–Crippen LogP) is 1.48. The summed E-state index contributed by atoms with van der Waals surface area (Å²) in [5.41, 5.74) is 1.89. The normalized spacial score (nSPS) is 18.1. The maximum atomic E-state index is 4.48. The van der Waals surface area contributed by atoms with Crippen molar-refractivity contribution in [3.63, 3.8) is 0 Å². The van der Waals surface area contributed by atoms with Gasteiger partial charge in [0.05, 0.1) is 5.69 Å². The van der Waals surface area contributed by atoms with E-state index in [4.69, 9.17) is 0 Å². The highest BCUT2D eigenvalue weighted by molar-refractivity contribution is 5.34. The van der Waals surface area contributed by atoms with Crippen molar-refractivity contribution in [1.82, 2.24) is 15.6 Å². The molecule has 0 spiro atoms. The number of nitrogens with one attached hydrogen (secondary N) is 2. The lowest BCUT2D eigenvalue weighted by Crippen LogP contribution is -2.47. The van der Waals surface area contributed by atoms with E-state index in [1.807, 2.05) is 24.4 Å². The molecule has 3 rings (SSSR count). The van der Waals surface area contributed by atoms with Gasteiger partial charge in [-0.25, -0.2) is 0 Å². The lowest BCUT2D eigenvalue weighted by atomic mass is 9.96. The smallest absolute Gasteiger partial charge is 0.139 e. The first kappa shape index (κ1) is 10.4. The maximum Gasteiger partial charge on any atom is 0.139 e. The quantitative estimate of drug-likeness (QED) is 0.812. The van der Waals surface area contributed by atoms with Gasteiger partial charge in [0.1, 0.15) is 5.66 Å². The monoisotopic (exact) mass is 225 g/mol. The van der Waals surface area contributed by atoms with Gasteiger partial charge in [-0.3, -0.25) is 15.6 Å². The van der Waals surface area contributed by atoms with Crippen molar-refractivity contribution in [1.29, 1.82) is 0 Å². The molecule has 3 heteroatoms. The molecule has 2 N–H and O–H groups in total. The molecule has 1 fully saturated rings. The molecule has 0 bridgehead atoms. The van der Waals surface area contributed by atoms with Crippen molar-refractivity contribution in [3.8, 4) is 0 Å². The minimum Gasteiger partial charge on any atom is -0.289 e. The molecule has 17 heavy (non-hydrogen) atoms. The minimum absolute atomic E-state index is 0.331. The van der Waals surface area contributed by atoms with E-state index in [2.05, 4.69) is 45.9 Å². The summed E-state index contributed by atoms with van der Waals surface area (Å²) in [5, 5.41) is 7.06. The van der Waals surface area contributed by atoms with Gasteiger partial charge in [0.15, 0.2) is 0 Å². The molecule has 0 atom stereocenters. The number of hydrogen-bond acceptors (Lipinski definition) is 3. The lowest BCUT2D eigenvalue weighted by Gasteiger charge is -2.29. The fourth-order valence-corrected chi connectivity index (χ4v) is 2.37. The summed E-state index contributed by atoms with van der Waals surface area (Å²) in [6, 6.07) is 16.4. The van der Waals surface area contributed by atoms with Crippen LogP contribution in [-0.4, -0.2) is 18.1 Å². The summed E-state index contributed by atoms with van der Waals surface area (Å²) in [6.45, 7) is 1.90. The fourth-order valence-electron chi connectivity index (χ4n) is 2.37. The van der Waals surface area contributed by atoms with Crippen LogP contribution in [-0.2, 0) is 5.66 Å². The van der Waals surface area contributed by atoms with Gasteiger partial charge in [-0.1, -0.05) is 36.4 Å². The van der Waals surface area contributed by atoms with Crippen LogP contribution in [0.4, 0.5) is 0 Å². The first-order valence-electron chi connectivity index (χ1n) is 5.89. The molecule has 3 nitrogen and oxygen atoms in total. The molecule has 1 aliphatic rings. The summed E-state index contributed by atoms with van der Waals surface area (Å²) < 4.78 is 0. The molecule has 0 radical (unpaired) electrons. The van der Waals surface area contributed by atoms with Crippen LogP contribution in [0.2, 0.25) is 0 Å². The van der Waals surface area contributed by atoms with E-state index in [1.165, 1.54) is 5.56 Å². The zero-order valence-corrected chi connectivity index (χ0v) is 9.56. The van der Waals surface area contributed by atoms with Crippen molar-refractivity contribution in [2.24, 2.45) is 0 Å². The highest BCUT2D eigenvalue weighted by Crippen LogP contribution is 2.27. The van der Waals surface area contributed by atoms with E-state index in [1.54, 1.807) is 0 Å². The summed E-state index contributed by atoms with van der Waals surface area (Å²) in [7, 11) is 0. The van der Waals surface area contributed by atoms with Crippen LogP contribution in [0.15, 0.2) is 54.7 Å². The molecule has 2 aromatic rings. The van der Waals surface area contributed by atoms with Gasteiger partial charge >= 0.3 is 0 Å². The molecule has 0 amide bonds. The first-order valence-corrected chi connectivity index (χ1v) is 5.89. The molecule has 86 valence electrons. The second-order valence-electron chi connectivity index (χ2n) is 4.18. The SMILES string of the molecule is c1ccc(C2(c3ccccn3)NCCN2)cc1. The Morgan fingerprint density at radius 1 is 0.882 bits per heavy atom. The molecule has 1 saturated heterocycles. The maximum absolute atomic E-state index is 4.48. The van der Waals surface area contributed by atoms with Gasteiger partial charge in [0, 0.05) is 19.3 Å². The first-order chi connectivity index (χ1) is 8.42. The van der Waals surface area contributed by atoms with Gasteiger partial charge in [-0.2, -0.15) is 0 Å². The number of hydrogen-bond donors (Lipinski definition) is 2. The molecule has 1 aliphatic heterocycles. The largest absolute Gasteiger partial charge is 0.289 e. The Kier molecular flexibility index (Phi) is 2.63. The Labute approximate surface area is 101 Å². The number of benzene rings is 1. The van der Waals surface area contributed by atoms with Crippen LogP contribution >= 0.6 is 0 Å². The predicted molar refractivity (Wildman–Crippen MR) is 67.5 cm³/mol. The van der Waals surface area contributed by atoms with Crippen molar-refractivity contribution in [2.75, 3.05) is 13.1 Å². The Hall–Kier alpha value is -1.71. The second kappa shape index (κ2) is 4.28. The Morgan fingerprint density at radius 2 is 1.59 bits per heavy atom. The molecule has 0 unspecified atom stereocenters. The Morgan fingerprint density at radius 3 is 2.24 bits per heavy atom. The summed E-state index contributed by atoms with van der Waals surface area (Å²) in [4.78, 5) is 4.48. The number of nitrogens with zero attached hydrogens (tertiary/aromatic N) is 1. The highest BCUT2D eigenvalue weighted by Gasteiger charge is 2.37. The van der Waals surface area contributed by atoms with Crippen LogP contribution in [0.5, 0.6) is 0 Å². The molecule has 2 heterocycles. The van der Waals surface area contributed by atoms with Crippen molar-refractivity contribution < 1.29 is 0 Å². The minimum atomic E-state index is -0.331. The van der Waals surface area contributed by atoms with Gasteiger partial charge in [0.2, 0.25) is 0 Å². The van der Waals surface area contributed by atoms with Crippen LogP contribution in [0.3, 0.4) is 0 Å². The van der Waals surface area contributed by atoms with Crippen molar-refractivity contribution in [3.05, 3.63) is 66.0 Å². The standard InChI is InChI=1S/C14H15N3/c1-2-6-12(7-3-1)14(16-10-11-17-14)13-8-4-5-9-15-13/h1-9,16-17H,10-11H2. The number of aromatic nitrogens is 1. The topological polar surface area (TPSA) is 37.0 Å². The summed E-state index contributed by atoms with van der Waals surface area (Å²) in [5.74, 6) is 0. The molecule has 1 aromatic carbocycles. The van der Waals surface area contributed by atoms with E-state index in [0.717, 1.165) is 18.8 Å². The molecule has 1 aromatic heterocycles. The molecular weight excluding hydrogens is 210 g/mol. The molecular formula is C14H15N3. The lowest BCUT2D eigenvalue weighted by molar-refractivity contribution is 0.412. The molecule has 0 aliphatic carbocycles. The Balaban J connectivity index is 2.11. The molecule has 0 saturated carbocycles. The van der Waals surface area contributed by atoms with E-state index in [0.29, 0.717) is 0 Å². The second-order valence-corrected chi connectivity index (χ2v) is 4.18. The van der Waals surface area contributed by atoms with E-state index < -0.39 is 0 Å². The van der Waals surface area contributed by atoms with Crippen LogP contribution in [0, 0.1) is 0 Å². The number of rotatable bonds is 2. The average Bonchev–Trinajstić information content (AvgIpc) is 2.91. The van der Waals surface area contributed by atoms with Crippen LogP contribution in [0.25, 0.3) is 0 Å². The van der Waals surface area contributed by atoms with Crippen LogP contribution in [0.1, 0.15) is 11.3 Å². The van der Waals surface area contributed by atoms with Gasteiger partial charge < -0.3 is 0 Å². The van der Waals surface area contributed by atoms with Gasteiger partial charge in [-0.15, -0.1) is 0 Å². The third-order valence-corrected chi connectivity index (χ3v) is 3.16. The Bertz CT molecular complexity index is 434. The van der Waals surface area contributed by atoms with Crippen molar-refractivity contribution >= 4 is 0 Å². The van der Waals surface area contributed by atoms with Crippen molar-refractivity contribution in [2.45, 2.75) is 5.66 Å². The average molecular weight is 225 g/mol. The van der Waals surface area contributed by atoms with E-state index in [9.17, 15) is 0 Å². The highest BCUT2D eigenvalue weighted by atomic mass is 15.3. The zero-order chi connectivity index (χ0) is 11.6. The van der Waals surface area contributed by atoms with Gasteiger partial charge in [-0.05, 0) is 17.7 Å². The van der Waals surface area contributed by atoms with E-state index >= 15 is 0 Å². The third kappa shape index (κ3) is 1.73. The summed E-state index contributed by atoms with van der Waals surface area (Å²) >= 11 is 0. The third-order valence-electron chi connectivity index (χ3n) is 3.16. The van der Waals surface area contributed by atoms with Crippen LogP contribution < -0.4 is 10.6 Å². The van der Waals surface area contributed by atoms with E-state index in [-0.39, 0.29) is 5.66 Å². The number of pyridine rings is 1. The fraction of sp³-hybridized carbons (Fsp3) is 0.214. The summed E-state index contributed by atoms with van der Waals surface area (Å²) in [6.07, 6.45) is 1.84.